The van der Waals surface area contributed by atoms with E-state index in [4.69, 9.17) is 0 Å². The second-order valence-corrected chi connectivity index (χ2v) is 8.01. The van der Waals surface area contributed by atoms with Gasteiger partial charge in [0.2, 0.25) is 0 Å². The number of aromatic nitrogens is 1. The fourth-order valence-corrected chi connectivity index (χ4v) is 5.54. The van der Waals surface area contributed by atoms with Crippen molar-refractivity contribution >= 4 is 10.9 Å². The first-order chi connectivity index (χ1) is 12.2. The van der Waals surface area contributed by atoms with E-state index in [0.29, 0.717) is 6.54 Å². The third-order valence-electron chi connectivity index (χ3n) is 6.72. The average Bonchev–Trinajstić information content (AvgIpc) is 2.98. The number of aryl methyl sites for hydroxylation is 1. The van der Waals surface area contributed by atoms with E-state index in [1.165, 1.54) is 59.8 Å². The number of quaternary nitrogens is 1. The molecule has 0 amide bonds. The van der Waals surface area contributed by atoms with Crippen LogP contribution in [-0.4, -0.2) is 21.3 Å². The van der Waals surface area contributed by atoms with Crippen LogP contribution in [0.25, 0.3) is 10.9 Å². The maximum atomic E-state index is 11.7. The molecule has 3 aliphatic rings. The molecule has 5 rings (SSSR count). The summed E-state index contributed by atoms with van der Waals surface area (Å²) in [7, 11) is 0. The van der Waals surface area contributed by atoms with Crippen LogP contribution >= 0.6 is 0 Å². The van der Waals surface area contributed by atoms with Crippen molar-refractivity contribution in [3.63, 3.8) is 0 Å². The number of fused-ring (bicyclic) bond motifs is 3. The lowest BCUT2D eigenvalue weighted by Gasteiger charge is -2.40. The first kappa shape index (κ1) is 15.8. The second kappa shape index (κ2) is 6.09. The summed E-state index contributed by atoms with van der Waals surface area (Å²) in [5.74, 6) is 0.720. The largest absolute Gasteiger partial charge is 0.579 e. The van der Waals surface area contributed by atoms with Crippen LogP contribution in [-0.2, 0) is 13.0 Å². The van der Waals surface area contributed by atoms with Crippen LogP contribution in [0, 0.1) is 5.21 Å². The summed E-state index contributed by atoms with van der Waals surface area (Å²) in [6.07, 6.45) is 9.90. The Kier molecular flexibility index (Phi) is 3.86. The van der Waals surface area contributed by atoms with Crippen molar-refractivity contribution in [1.29, 1.82) is 0 Å². The third-order valence-corrected chi connectivity index (χ3v) is 6.72. The van der Waals surface area contributed by atoms with Gasteiger partial charge in [-0.15, -0.1) is 10.3 Å². The fourth-order valence-electron chi connectivity index (χ4n) is 5.54. The van der Waals surface area contributed by atoms with Gasteiger partial charge in [0.25, 0.3) is 0 Å². The standard InChI is InChI=1S/C20H27N3O2/c24-23(25)22-12-11-21-18-10-9-15(14-5-2-1-3-6-14)13-17(18)16-7-4-8-19(22)20(16)21/h9-10,13-14,19,23-24H,1-8,11-12H2/t19-/m1/s1. The maximum Gasteiger partial charge on any atom is 0.103 e. The van der Waals surface area contributed by atoms with Gasteiger partial charge in [-0.25, -0.2) is 0 Å². The maximum absolute atomic E-state index is 11.7. The van der Waals surface area contributed by atoms with E-state index < -0.39 is 5.34 Å². The minimum atomic E-state index is -0.766. The molecule has 1 aromatic carbocycles. The topological polar surface area (TPSA) is 55.9 Å². The first-order valence-electron chi connectivity index (χ1n) is 9.88. The molecule has 5 nitrogen and oxygen atoms in total. The van der Waals surface area contributed by atoms with Gasteiger partial charge in [0.15, 0.2) is 0 Å². The van der Waals surface area contributed by atoms with E-state index in [0.717, 1.165) is 31.7 Å². The minimum absolute atomic E-state index is 0.0560. The van der Waals surface area contributed by atoms with Crippen LogP contribution in [0.15, 0.2) is 18.2 Å². The number of nitrogens with zero attached hydrogens (tertiary/aromatic N) is 2. The van der Waals surface area contributed by atoms with E-state index in [1.54, 1.807) is 5.01 Å². The number of hydrogen-bond donors (Lipinski definition) is 2. The summed E-state index contributed by atoms with van der Waals surface area (Å²) in [6, 6.07) is 7.15. The summed E-state index contributed by atoms with van der Waals surface area (Å²) in [5, 5.41) is 23.5. The van der Waals surface area contributed by atoms with E-state index >= 15 is 0 Å². The molecule has 2 aromatic rings. The van der Waals surface area contributed by atoms with Crippen molar-refractivity contribution < 1.29 is 10.5 Å². The zero-order chi connectivity index (χ0) is 17.0. The van der Waals surface area contributed by atoms with Crippen LogP contribution in [0.3, 0.4) is 0 Å². The van der Waals surface area contributed by atoms with Gasteiger partial charge in [-0.05, 0) is 61.3 Å². The van der Waals surface area contributed by atoms with Gasteiger partial charge >= 0.3 is 0 Å². The molecule has 1 unspecified atom stereocenters. The quantitative estimate of drug-likeness (QED) is 0.826. The Morgan fingerprint density at radius 1 is 1.04 bits per heavy atom. The highest BCUT2D eigenvalue weighted by atomic mass is 16.8. The molecule has 134 valence electrons. The van der Waals surface area contributed by atoms with Crippen LogP contribution in [0.4, 0.5) is 0 Å². The lowest BCUT2D eigenvalue weighted by Crippen LogP contribution is -3.12. The van der Waals surface area contributed by atoms with Crippen molar-refractivity contribution in [1.82, 2.24) is 9.58 Å². The number of hydrogen-bond acceptors (Lipinski definition) is 3. The van der Waals surface area contributed by atoms with Gasteiger partial charge in [-0.1, -0.05) is 25.3 Å². The molecule has 0 spiro atoms. The first-order valence-corrected chi connectivity index (χ1v) is 9.88. The summed E-state index contributed by atoms with van der Waals surface area (Å²) in [5.41, 5.74) is 5.54. The van der Waals surface area contributed by atoms with Crippen LogP contribution in [0.1, 0.15) is 73.7 Å². The predicted octanol–water partition coefficient (Wildman–Crippen LogP) is 3.07. The molecule has 2 atom stereocenters. The van der Waals surface area contributed by atoms with E-state index in [1.807, 2.05) is 0 Å². The highest BCUT2D eigenvalue weighted by molar-refractivity contribution is 5.87. The smallest absolute Gasteiger partial charge is 0.103 e. The molecular formula is C20H27N3O2. The Balaban J connectivity index is 1.63. The molecule has 1 aromatic heterocycles. The number of benzene rings is 1. The summed E-state index contributed by atoms with van der Waals surface area (Å²) in [4.78, 5) is 0. The highest BCUT2D eigenvalue weighted by Crippen LogP contribution is 2.43. The molecule has 2 heterocycles. The second-order valence-electron chi connectivity index (χ2n) is 8.01. The molecule has 2 aliphatic carbocycles. The van der Waals surface area contributed by atoms with Crippen molar-refractivity contribution in [2.24, 2.45) is 0 Å². The van der Waals surface area contributed by atoms with Crippen LogP contribution in [0.5, 0.6) is 0 Å². The van der Waals surface area contributed by atoms with Gasteiger partial charge in [-0.3, -0.25) is 0 Å². The third kappa shape index (κ3) is 2.45. The zero-order valence-corrected chi connectivity index (χ0v) is 14.7. The van der Waals surface area contributed by atoms with E-state index in [2.05, 4.69) is 22.8 Å². The monoisotopic (exact) mass is 341 g/mol. The Hall–Kier alpha value is -1.40. The molecule has 0 bridgehead atoms. The van der Waals surface area contributed by atoms with Gasteiger partial charge in [0.1, 0.15) is 6.04 Å². The Morgan fingerprint density at radius 2 is 1.88 bits per heavy atom. The lowest BCUT2D eigenvalue weighted by atomic mass is 9.83. The van der Waals surface area contributed by atoms with Gasteiger partial charge in [0.05, 0.1) is 6.54 Å². The molecule has 0 saturated heterocycles. The minimum Gasteiger partial charge on any atom is -0.579 e. The van der Waals surface area contributed by atoms with Gasteiger partial charge < -0.3 is 9.77 Å². The normalized spacial score (nSPS) is 25.9. The van der Waals surface area contributed by atoms with Crippen molar-refractivity contribution in [3.8, 4) is 0 Å². The van der Waals surface area contributed by atoms with Crippen LogP contribution in [0.2, 0.25) is 0 Å². The lowest BCUT2D eigenvalue weighted by molar-refractivity contribution is -1.15. The molecular weight excluding hydrogens is 314 g/mol. The predicted molar refractivity (Wildman–Crippen MR) is 96.3 cm³/mol. The van der Waals surface area contributed by atoms with Gasteiger partial charge in [0, 0.05) is 23.1 Å². The van der Waals surface area contributed by atoms with E-state index in [-0.39, 0.29) is 6.04 Å². The Morgan fingerprint density at radius 3 is 2.68 bits per heavy atom. The number of rotatable bonds is 2. The summed E-state index contributed by atoms with van der Waals surface area (Å²) >= 11 is 0. The molecule has 1 aliphatic heterocycles. The Bertz CT molecular complexity index is 792. The summed E-state index contributed by atoms with van der Waals surface area (Å²) < 4.78 is 2.42. The molecule has 2 N–H and O–H groups in total. The van der Waals surface area contributed by atoms with E-state index in [9.17, 15) is 10.4 Å². The molecule has 25 heavy (non-hydrogen) atoms. The average molecular weight is 341 g/mol. The van der Waals surface area contributed by atoms with Crippen molar-refractivity contribution in [2.75, 3.05) is 6.54 Å². The Labute approximate surface area is 148 Å². The van der Waals surface area contributed by atoms with Crippen LogP contribution < -0.4 is 5.34 Å². The molecule has 1 saturated carbocycles. The highest BCUT2D eigenvalue weighted by Gasteiger charge is 2.38. The number of nitrogens with one attached hydrogen (secondary N) is 1. The zero-order valence-electron chi connectivity index (χ0n) is 14.7. The van der Waals surface area contributed by atoms with Crippen molar-refractivity contribution in [2.45, 2.75) is 69.9 Å². The molecule has 1 fully saturated rings. The summed E-state index contributed by atoms with van der Waals surface area (Å²) in [6.45, 7) is 1.40. The molecule has 5 heteroatoms. The fraction of sp³-hybridized carbons (Fsp3) is 0.600. The SMILES string of the molecule is [O-][NH+](O)N1CCn2c3c(c4cc(C5CCCCC5)ccc42)CCC[C@H]31. The van der Waals surface area contributed by atoms with Crippen molar-refractivity contribution in [3.05, 3.63) is 40.2 Å². The molecule has 0 radical (unpaired) electrons. The van der Waals surface area contributed by atoms with Gasteiger partial charge in [-0.2, -0.15) is 5.21 Å².